The molecule has 1 aromatic carbocycles. The molecule has 0 radical (unpaired) electrons. The first kappa shape index (κ1) is 23.4. The first-order chi connectivity index (χ1) is 14.8. The van der Waals surface area contributed by atoms with Crippen molar-refractivity contribution in [2.45, 2.75) is 38.9 Å². The summed E-state index contributed by atoms with van der Waals surface area (Å²) in [6.07, 6.45) is 0.614. The number of carbonyl (C=O) groups excluding carboxylic acids is 1. The molecule has 3 aromatic rings. The smallest absolute Gasteiger partial charge is 0.263 e. The number of halogens is 2. The van der Waals surface area contributed by atoms with Gasteiger partial charge in [-0.3, -0.25) is 14.2 Å². The molecule has 10 heteroatoms. The van der Waals surface area contributed by atoms with Crippen LogP contribution in [0.1, 0.15) is 23.8 Å². The van der Waals surface area contributed by atoms with Crippen molar-refractivity contribution in [2.75, 3.05) is 24.3 Å². The number of hydrogen-bond acceptors (Lipinski definition) is 6. The number of para-hydroxylation sites is 1. The third kappa shape index (κ3) is 5.31. The van der Waals surface area contributed by atoms with E-state index in [1.807, 2.05) is 20.8 Å². The lowest BCUT2D eigenvalue weighted by atomic mass is 10.2. The average molecular weight is 468 g/mol. The maximum absolute atomic E-state index is 13.8. The summed E-state index contributed by atoms with van der Waals surface area (Å²) < 4.78 is 34.5. The molecule has 2 aromatic heterocycles. The predicted molar refractivity (Wildman–Crippen MR) is 120 cm³/mol. The third-order valence-electron chi connectivity index (χ3n) is 4.69. The summed E-state index contributed by atoms with van der Waals surface area (Å²) >= 11 is 2.48. The molecular formula is C21H23F2N3O3S2. The van der Waals surface area contributed by atoms with Crippen molar-refractivity contribution in [1.29, 1.82) is 0 Å². The van der Waals surface area contributed by atoms with Gasteiger partial charge in [0.1, 0.15) is 22.2 Å². The summed E-state index contributed by atoms with van der Waals surface area (Å²) in [6, 6.07) is 3.36. The second-order valence-corrected chi connectivity index (χ2v) is 8.94. The molecule has 0 aliphatic carbocycles. The van der Waals surface area contributed by atoms with Crippen LogP contribution in [0.5, 0.6) is 0 Å². The van der Waals surface area contributed by atoms with Gasteiger partial charge in [-0.1, -0.05) is 17.8 Å². The molecular weight excluding hydrogens is 444 g/mol. The van der Waals surface area contributed by atoms with Crippen LogP contribution in [0.2, 0.25) is 0 Å². The van der Waals surface area contributed by atoms with E-state index in [0.29, 0.717) is 41.6 Å². The molecule has 0 unspecified atom stereocenters. The molecule has 1 amide bonds. The topological polar surface area (TPSA) is 73.2 Å². The van der Waals surface area contributed by atoms with Gasteiger partial charge in [-0.15, -0.1) is 11.3 Å². The summed E-state index contributed by atoms with van der Waals surface area (Å²) in [5, 5.41) is 3.22. The van der Waals surface area contributed by atoms with Gasteiger partial charge in [0.2, 0.25) is 5.91 Å². The molecule has 31 heavy (non-hydrogen) atoms. The van der Waals surface area contributed by atoms with Gasteiger partial charge >= 0.3 is 0 Å². The average Bonchev–Trinajstić information content (AvgIpc) is 3.02. The Morgan fingerprint density at radius 3 is 2.68 bits per heavy atom. The van der Waals surface area contributed by atoms with E-state index < -0.39 is 23.2 Å². The number of thioether (sulfide) groups is 1. The van der Waals surface area contributed by atoms with Crippen LogP contribution in [0.3, 0.4) is 0 Å². The zero-order chi connectivity index (χ0) is 22.5. The van der Waals surface area contributed by atoms with E-state index in [2.05, 4.69) is 10.3 Å². The number of aryl methyl sites for hydroxylation is 2. The number of ether oxygens (including phenoxy) is 1. The molecule has 0 aliphatic heterocycles. The molecule has 0 aliphatic rings. The SMILES string of the molecule is CCOCCCn1c(SCC(=O)Nc2c(F)cccc2F)nc2sc(C)c(C)c2c1=O. The molecule has 6 nitrogen and oxygen atoms in total. The number of hydrogen-bond donors (Lipinski definition) is 1. The van der Waals surface area contributed by atoms with Crippen LogP contribution >= 0.6 is 23.1 Å². The van der Waals surface area contributed by atoms with E-state index in [4.69, 9.17) is 4.74 Å². The summed E-state index contributed by atoms with van der Waals surface area (Å²) in [7, 11) is 0. The van der Waals surface area contributed by atoms with E-state index >= 15 is 0 Å². The molecule has 0 spiro atoms. The minimum absolute atomic E-state index is 0.152. The lowest BCUT2D eigenvalue weighted by Gasteiger charge is -2.12. The van der Waals surface area contributed by atoms with Crippen LogP contribution < -0.4 is 10.9 Å². The van der Waals surface area contributed by atoms with Crippen molar-refractivity contribution in [3.05, 3.63) is 50.6 Å². The largest absolute Gasteiger partial charge is 0.382 e. The zero-order valence-corrected chi connectivity index (χ0v) is 19.1. The molecule has 0 saturated heterocycles. The quantitative estimate of drug-likeness (QED) is 0.285. The Labute approximate surface area is 186 Å². The van der Waals surface area contributed by atoms with Gasteiger partial charge in [0.05, 0.1) is 11.1 Å². The van der Waals surface area contributed by atoms with Gasteiger partial charge in [0.25, 0.3) is 5.56 Å². The van der Waals surface area contributed by atoms with Crippen LogP contribution in [0.4, 0.5) is 14.5 Å². The highest BCUT2D eigenvalue weighted by Crippen LogP contribution is 2.28. The van der Waals surface area contributed by atoms with Crippen molar-refractivity contribution in [3.63, 3.8) is 0 Å². The Hall–Kier alpha value is -2.30. The molecule has 3 rings (SSSR count). The fourth-order valence-electron chi connectivity index (χ4n) is 3.01. The van der Waals surface area contributed by atoms with Gasteiger partial charge in [-0.25, -0.2) is 13.8 Å². The molecule has 0 atom stereocenters. The number of carbonyl (C=O) groups is 1. The second kappa shape index (κ2) is 10.3. The van der Waals surface area contributed by atoms with Gasteiger partial charge in [0, 0.05) is 24.6 Å². The van der Waals surface area contributed by atoms with Crippen LogP contribution in [0.15, 0.2) is 28.2 Å². The molecule has 0 fully saturated rings. The Morgan fingerprint density at radius 1 is 1.29 bits per heavy atom. The van der Waals surface area contributed by atoms with Crippen LogP contribution in [0, 0.1) is 25.5 Å². The fourth-order valence-corrected chi connectivity index (χ4v) is 4.90. The highest BCUT2D eigenvalue weighted by atomic mass is 32.2. The second-order valence-electron chi connectivity index (χ2n) is 6.80. The molecule has 166 valence electrons. The number of benzene rings is 1. The Kier molecular flexibility index (Phi) is 7.79. The van der Waals surface area contributed by atoms with Crippen molar-refractivity contribution in [3.8, 4) is 0 Å². The van der Waals surface area contributed by atoms with E-state index in [0.717, 1.165) is 34.3 Å². The van der Waals surface area contributed by atoms with E-state index in [1.54, 1.807) is 4.57 Å². The maximum Gasteiger partial charge on any atom is 0.263 e. The summed E-state index contributed by atoms with van der Waals surface area (Å²) in [5.74, 6) is -2.45. The molecule has 2 heterocycles. The zero-order valence-electron chi connectivity index (χ0n) is 17.5. The lowest BCUT2D eigenvalue weighted by Crippen LogP contribution is -2.25. The van der Waals surface area contributed by atoms with E-state index in [-0.39, 0.29) is 11.3 Å². The van der Waals surface area contributed by atoms with Gasteiger partial charge in [-0.2, -0.15) is 0 Å². The number of nitrogens with zero attached hydrogens (tertiary/aromatic N) is 2. The molecule has 0 saturated carbocycles. The number of aromatic nitrogens is 2. The normalized spacial score (nSPS) is 11.3. The predicted octanol–water partition coefficient (Wildman–Crippen LogP) is 4.51. The van der Waals surface area contributed by atoms with Crippen molar-refractivity contribution in [1.82, 2.24) is 9.55 Å². The number of amides is 1. The standard InChI is InChI=1S/C21H23F2N3O3S2/c1-4-29-10-6-9-26-20(28)17-12(2)13(3)31-19(17)25-21(26)30-11-16(27)24-18-14(22)7-5-8-15(18)23/h5,7-8H,4,6,9-11H2,1-3H3,(H,24,27). The number of nitrogens with one attached hydrogen (secondary N) is 1. The third-order valence-corrected chi connectivity index (χ3v) is 6.77. The van der Waals surface area contributed by atoms with E-state index in [1.165, 1.54) is 17.4 Å². The number of anilines is 1. The molecule has 0 bridgehead atoms. The Bertz CT molecular complexity index is 1140. The fraction of sp³-hybridized carbons (Fsp3) is 0.381. The highest BCUT2D eigenvalue weighted by molar-refractivity contribution is 7.99. The monoisotopic (exact) mass is 467 g/mol. The van der Waals surface area contributed by atoms with Gasteiger partial charge < -0.3 is 10.1 Å². The van der Waals surface area contributed by atoms with Crippen molar-refractivity contribution in [2.24, 2.45) is 0 Å². The first-order valence-electron chi connectivity index (χ1n) is 9.78. The van der Waals surface area contributed by atoms with Gasteiger partial charge in [0.15, 0.2) is 5.16 Å². The maximum atomic E-state index is 13.8. The number of thiophene rings is 1. The van der Waals surface area contributed by atoms with Crippen LogP contribution in [-0.4, -0.2) is 34.4 Å². The molecule has 1 N–H and O–H groups in total. The lowest BCUT2D eigenvalue weighted by molar-refractivity contribution is -0.113. The Balaban J connectivity index is 1.84. The van der Waals surface area contributed by atoms with Crippen molar-refractivity contribution >= 4 is 44.9 Å². The van der Waals surface area contributed by atoms with Crippen LogP contribution in [-0.2, 0) is 16.1 Å². The van der Waals surface area contributed by atoms with Crippen LogP contribution in [0.25, 0.3) is 10.2 Å². The van der Waals surface area contributed by atoms with E-state index in [9.17, 15) is 18.4 Å². The minimum atomic E-state index is -0.852. The summed E-state index contributed by atoms with van der Waals surface area (Å²) in [6.45, 7) is 7.20. The first-order valence-corrected chi connectivity index (χ1v) is 11.6. The van der Waals surface area contributed by atoms with Gasteiger partial charge in [-0.05, 0) is 44.9 Å². The summed E-state index contributed by atoms with van der Waals surface area (Å²) in [4.78, 5) is 31.7. The number of rotatable bonds is 9. The minimum Gasteiger partial charge on any atom is -0.382 e. The number of fused-ring (bicyclic) bond motifs is 1. The summed E-state index contributed by atoms with van der Waals surface area (Å²) in [5.41, 5.74) is 0.252. The highest BCUT2D eigenvalue weighted by Gasteiger charge is 2.18. The Morgan fingerprint density at radius 2 is 2.00 bits per heavy atom. The van der Waals surface area contributed by atoms with Crippen molar-refractivity contribution < 1.29 is 18.3 Å².